The quantitative estimate of drug-likeness (QED) is 0.146. The maximum atomic E-state index is 11.5. The molecule has 1 aliphatic carbocycles. The molecule has 1 N–H and O–H groups in total. The van der Waals surface area contributed by atoms with Crippen LogP contribution in [0.25, 0.3) is 89.4 Å². The first-order chi connectivity index (χ1) is 36.8. The zero-order chi connectivity index (χ0) is 52.1. The molecule has 2 unspecified atom stereocenters. The molecule has 0 radical (unpaired) electrons. The van der Waals surface area contributed by atoms with Crippen LogP contribution in [0.2, 0.25) is 0 Å². The fourth-order valence-corrected chi connectivity index (χ4v) is 11.0. The second-order valence-corrected chi connectivity index (χ2v) is 22.3. The molecule has 2 aromatic heterocycles. The number of anilines is 2. The topological polar surface area (TPSA) is 49.2 Å². The minimum atomic E-state index is -0.0934. The van der Waals surface area contributed by atoms with Gasteiger partial charge in [0.2, 0.25) is 0 Å². The van der Waals surface area contributed by atoms with E-state index in [0.717, 1.165) is 83.8 Å². The van der Waals surface area contributed by atoms with Crippen molar-refractivity contribution in [3.05, 3.63) is 260 Å². The summed E-state index contributed by atoms with van der Waals surface area (Å²) in [5, 5.41) is 11.5. The van der Waals surface area contributed by atoms with Gasteiger partial charge in [0.1, 0.15) is 5.75 Å². The molecule has 0 saturated carbocycles. The first kappa shape index (κ1) is 51.0. The molecular formula is C72H60N3OPt-. The molecule has 10 aromatic rings. The monoisotopic (exact) mass is 1180 g/mol. The van der Waals surface area contributed by atoms with E-state index in [1.165, 1.54) is 22.4 Å². The zero-order valence-corrected chi connectivity index (χ0v) is 46.5. The van der Waals surface area contributed by atoms with Gasteiger partial charge in [-0.3, -0.25) is 9.97 Å². The van der Waals surface area contributed by atoms with Gasteiger partial charge in [-0.15, -0.1) is 18.2 Å². The van der Waals surface area contributed by atoms with E-state index in [2.05, 4.69) is 259 Å². The Morgan fingerprint density at radius 3 is 1.58 bits per heavy atom. The van der Waals surface area contributed by atoms with Gasteiger partial charge in [-0.25, -0.2) is 0 Å². The molecule has 2 aliphatic rings. The molecule has 8 aromatic carbocycles. The number of fused-ring (bicyclic) bond motifs is 3. The van der Waals surface area contributed by atoms with Gasteiger partial charge in [-0.05, 0) is 127 Å². The summed E-state index contributed by atoms with van der Waals surface area (Å²) in [5.41, 5.74) is 21.4. The molecule has 1 aliphatic heterocycles. The second kappa shape index (κ2) is 20.7. The molecule has 0 bridgehead atoms. The Morgan fingerprint density at radius 2 is 0.948 bits per heavy atom. The molecule has 4 nitrogen and oxygen atoms in total. The average molecular weight is 1180 g/mol. The summed E-state index contributed by atoms with van der Waals surface area (Å²) in [6, 6.07) is 77.3. The van der Waals surface area contributed by atoms with Crippen LogP contribution in [0, 0.1) is 6.07 Å². The van der Waals surface area contributed by atoms with Crippen molar-refractivity contribution < 1.29 is 26.2 Å². The van der Waals surface area contributed by atoms with E-state index in [-0.39, 0.29) is 49.6 Å². The Balaban J connectivity index is 0.00000631. The molecule has 0 spiro atoms. The maximum absolute atomic E-state index is 11.5. The van der Waals surface area contributed by atoms with Crippen molar-refractivity contribution in [2.75, 3.05) is 4.90 Å². The van der Waals surface area contributed by atoms with E-state index in [0.29, 0.717) is 11.3 Å². The Bertz CT molecular complexity index is 3780. The van der Waals surface area contributed by atoms with Gasteiger partial charge in [0.25, 0.3) is 0 Å². The van der Waals surface area contributed by atoms with Crippen molar-refractivity contribution in [2.45, 2.75) is 64.3 Å². The van der Waals surface area contributed by atoms with Crippen molar-refractivity contribution >= 4 is 11.4 Å². The maximum Gasteiger partial charge on any atom is 0.124 e. The molecule has 0 saturated heterocycles. The van der Waals surface area contributed by atoms with Crippen molar-refractivity contribution in [2.24, 2.45) is 0 Å². The van der Waals surface area contributed by atoms with Gasteiger partial charge in [0.15, 0.2) is 0 Å². The number of rotatable bonds is 9. The average Bonchev–Trinajstić information content (AvgIpc) is 3.93. The van der Waals surface area contributed by atoms with Gasteiger partial charge in [0.05, 0.1) is 17.4 Å². The molecule has 77 heavy (non-hydrogen) atoms. The molecule has 3 heterocycles. The summed E-state index contributed by atoms with van der Waals surface area (Å²) >= 11 is 0. The summed E-state index contributed by atoms with van der Waals surface area (Å²) in [6.07, 6.45) is 11.0. The van der Waals surface area contributed by atoms with Crippen LogP contribution in [-0.4, -0.2) is 21.1 Å². The number of phenols is 1. The number of phenolic OH excluding ortho intramolecular Hbond substituents is 1. The van der Waals surface area contributed by atoms with Gasteiger partial charge >= 0.3 is 0 Å². The molecule has 2 atom stereocenters. The largest absolute Gasteiger partial charge is 0.507 e. The van der Waals surface area contributed by atoms with Gasteiger partial charge in [0, 0.05) is 61.4 Å². The van der Waals surface area contributed by atoms with Crippen LogP contribution in [0.1, 0.15) is 64.2 Å². The fraction of sp³-hybridized carbons (Fsp3) is 0.139. The Hall–Kier alpha value is -8.17. The van der Waals surface area contributed by atoms with Gasteiger partial charge in [-0.2, -0.15) is 0 Å². The van der Waals surface area contributed by atoms with E-state index < -0.39 is 0 Å². The van der Waals surface area contributed by atoms with Gasteiger partial charge in [-0.1, -0.05) is 222 Å². The van der Waals surface area contributed by atoms with Crippen LogP contribution < -0.4 is 4.90 Å². The van der Waals surface area contributed by atoms with E-state index in [4.69, 9.17) is 9.97 Å². The molecule has 380 valence electrons. The number of benzene rings is 8. The van der Waals surface area contributed by atoms with E-state index in [1.807, 2.05) is 24.4 Å². The molecule has 12 rings (SSSR count). The van der Waals surface area contributed by atoms with Crippen LogP contribution >= 0.6 is 0 Å². The van der Waals surface area contributed by atoms with Crippen molar-refractivity contribution in [1.82, 2.24) is 9.97 Å². The zero-order valence-electron chi connectivity index (χ0n) is 44.3. The number of para-hydroxylation sites is 3. The second-order valence-electron chi connectivity index (χ2n) is 22.3. The van der Waals surface area contributed by atoms with E-state index in [1.54, 1.807) is 6.07 Å². The summed E-state index contributed by atoms with van der Waals surface area (Å²) in [7, 11) is 0. The third-order valence-electron chi connectivity index (χ3n) is 15.1. The minimum absolute atomic E-state index is 0. The third kappa shape index (κ3) is 10.2. The van der Waals surface area contributed by atoms with Crippen LogP contribution in [0.15, 0.2) is 237 Å². The number of allylic oxidation sites excluding steroid dienone is 2. The fourth-order valence-electron chi connectivity index (χ4n) is 11.0. The van der Waals surface area contributed by atoms with E-state index >= 15 is 0 Å². The standard InChI is InChI=1S/C72H60N3O.Pt/c1-71(2,3)58-41-54(42-59(46-58)72(4,5)6)55-44-66(74-67(45-55)64-28-17-19-32-69(64)76)57-39-53(52-36-50(47-21-10-7-11-22-47)35-51(37-52)48-23-12-8-13-24-48)38-56(40-57)65-43-49(33-34-73-65)61-29-20-30-63-62-27-16-18-31-68(62)75(70(61)63)60-25-14-9-15-26-60;/h7-39,41-46,62,68,76H,1-6H3;/q-1;. The van der Waals surface area contributed by atoms with E-state index in [9.17, 15) is 5.11 Å². The normalized spacial score (nSPS) is 14.7. The summed E-state index contributed by atoms with van der Waals surface area (Å²) in [5.74, 6) is 0.399. The predicted molar refractivity (Wildman–Crippen MR) is 317 cm³/mol. The number of pyridine rings is 2. The first-order valence-electron chi connectivity index (χ1n) is 26.4. The van der Waals surface area contributed by atoms with Crippen LogP contribution in [0.4, 0.5) is 11.4 Å². The number of aromatic hydroxyl groups is 1. The number of hydrogen-bond donors (Lipinski definition) is 1. The third-order valence-corrected chi connectivity index (χ3v) is 15.1. The summed E-state index contributed by atoms with van der Waals surface area (Å²) in [4.78, 5) is 13.1. The Morgan fingerprint density at radius 1 is 0.442 bits per heavy atom. The Kier molecular flexibility index (Phi) is 13.7. The summed E-state index contributed by atoms with van der Waals surface area (Å²) in [6.45, 7) is 13.6. The van der Waals surface area contributed by atoms with Crippen LogP contribution in [0.3, 0.4) is 0 Å². The summed E-state index contributed by atoms with van der Waals surface area (Å²) < 4.78 is 0. The van der Waals surface area contributed by atoms with Crippen molar-refractivity contribution in [1.29, 1.82) is 0 Å². The number of aromatic nitrogens is 2. The minimum Gasteiger partial charge on any atom is -0.507 e. The molecule has 5 heteroatoms. The first-order valence-corrected chi connectivity index (χ1v) is 26.4. The van der Waals surface area contributed by atoms with Crippen LogP contribution in [0.5, 0.6) is 5.75 Å². The van der Waals surface area contributed by atoms with Crippen LogP contribution in [-0.2, 0) is 31.9 Å². The number of hydrogen-bond acceptors (Lipinski definition) is 4. The smallest absolute Gasteiger partial charge is 0.124 e. The van der Waals surface area contributed by atoms with Crippen molar-refractivity contribution in [3.63, 3.8) is 0 Å². The molecule has 0 amide bonds. The Labute approximate surface area is 468 Å². The predicted octanol–water partition coefficient (Wildman–Crippen LogP) is 18.6. The number of nitrogens with zero attached hydrogens (tertiary/aromatic N) is 3. The molecule has 0 fully saturated rings. The molecular weight excluding hydrogens is 1120 g/mol. The van der Waals surface area contributed by atoms with Crippen molar-refractivity contribution in [3.8, 4) is 95.2 Å². The SMILES string of the molecule is CC(C)(C)c1cc(-c2cc(-c3[c-]c(-c4cc(-c5cccc6c5N(c5ccccc5)C5C=CC=CC65)ccn4)cc(-c4cc(-c5ccccc5)cc(-c5ccccc5)c4)c3)nc(-c3ccccc3O)c2)cc(C(C)(C)C)c1.[Pt]. The van der Waals surface area contributed by atoms with Gasteiger partial charge < -0.3 is 10.0 Å².